The molecule has 0 saturated heterocycles. The number of amides is 1. The van der Waals surface area contributed by atoms with Crippen molar-refractivity contribution in [2.75, 3.05) is 28.3 Å². The molecule has 0 unspecified atom stereocenters. The first-order valence-corrected chi connectivity index (χ1v) is 11.5. The maximum absolute atomic E-state index is 13.7. The van der Waals surface area contributed by atoms with Gasteiger partial charge in [0.05, 0.1) is 22.8 Å². The second-order valence-electron chi connectivity index (χ2n) is 6.66. The Balaban J connectivity index is 1.61. The van der Waals surface area contributed by atoms with Crippen molar-refractivity contribution in [1.82, 2.24) is 0 Å². The van der Waals surface area contributed by atoms with Crippen LogP contribution in [0.1, 0.15) is 10.4 Å². The Morgan fingerprint density at radius 1 is 0.875 bits per heavy atom. The van der Waals surface area contributed by atoms with Crippen LogP contribution >= 0.6 is 12.2 Å². The lowest BCUT2D eigenvalue weighted by Crippen LogP contribution is -2.19. The maximum Gasteiger partial charge on any atom is 0.258 e. The summed E-state index contributed by atoms with van der Waals surface area (Å²) in [4.78, 5) is 12.3. The van der Waals surface area contributed by atoms with Gasteiger partial charge in [0.1, 0.15) is 5.82 Å². The van der Waals surface area contributed by atoms with Gasteiger partial charge in [0.2, 0.25) is 0 Å². The van der Waals surface area contributed by atoms with E-state index in [1.165, 1.54) is 30.3 Å². The lowest BCUT2D eigenvalue weighted by Gasteiger charge is -2.12. The number of thiocarbonyl (C=S) groups is 1. The minimum absolute atomic E-state index is 0.0525. The number of nitrogens with one attached hydrogen (secondary N) is 3. The highest BCUT2D eigenvalue weighted by Crippen LogP contribution is 2.19. The highest BCUT2D eigenvalue weighted by Gasteiger charge is 2.14. The van der Waals surface area contributed by atoms with E-state index in [9.17, 15) is 17.6 Å². The van der Waals surface area contributed by atoms with Crippen LogP contribution in [-0.2, 0) is 9.84 Å². The third-order valence-corrected chi connectivity index (χ3v) is 6.23. The molecule has 0 aliphatic heterocycles. The summed E-state index contributed by atoms with van der Waals surface area (Å²) in [6, 6.07) is 18.4. The number of carbonyl (C=O) groups is 1. The molecular weight excluding hydrogens is 453 g/mol. The van der Waals surface area contributed by atoms with E-state index >= 15 is 0 Å². The zero-order chi connectivity index (χ0) is 23.1. The van der Waals surface area contributed by atoms with Gasteiger partial charge in [-0.25, -0.2) is 12.8 Å². The minimum atomic E-state index is -3.58. The van der Waals surface area contributed by atoms with E-state index in [1.54, 1.807) is 42.5 Å². The van der Waals surface area contributed by atoms with Gasteiger partial charge in [-0.1, -0.05) is 18.2 Å². The Morgan fingerprint density at radius 2 is 1.50 bits per heavy atom. The number of halogens is 1. The molecule has 0 aliphatic carbocycles. The SMILES string of the molecule is O=C(Nc1ccc(NC(=S)Nc2cccc(S(=O)(=O)CCO)c2)cc1)c1ccccc1F. The molecule has 0 heterocycles. The van der Waals surface area contributed by atoms with Crippen LogP contribution in [-0.4, -0.2) is 36.9 Å². The fraction of sp³-hybridized carbons (Fsp3) is 0.0909. The largest absolute Gasteiger partial charge is 0.395 e. The van der Waals surface area contributed by atoms with Crippen molar-refractivity contribution in [2.45, 2.75) is 4.90 Å². The van der Waals surface area contributed by atoms with E-state index in [2.05, 4.69) is 16.0 Å². The van der Waals surface area contributed by atoms with Gasteiger partial charge in [-0.15, -0.1) is 0 Å². The summed E-state index contributed by atoms with van der Waals surface area (Å²) in [5, 5.41) is 17.6. The molecule has 0 aromatic heterocycles. The number of aliphatic hydroxyl groups excluding tert-OH is 1. The molecule has 0 fully saturated rings. The molecular formula is C22H20FN3O4S2. The predicted octanol–water partition coefficient (Wildman–Crippen LogP) is 3.65. The Morgan fingerprint density at radius 3 is 2.16 bits per heavy atom. The van der Waals surface area contributed by atoms with E-state index in [0.29, 0.717) is 17.1 Å². The Hall–Kier alpha value is -3.34. The van der Waals surface area contributed by atoms with Crippen LogP contribution in [0.25, 0.3) is 0 Å². The van der Waals surface area contributed by atoms with Crippen molar-refractivity contribution in [1.29, 1.82) is 0 Å². The van der Waals surface area contributed by atoms with Crippen LogP contribution in [0.4, 0.5) is 21.5 Å². The van der Waals surface area contributed by atoms with Crippen molar-refractivity contribution < 1.29 is 22.7 Å². The molecule has 0 atom stereocenters. The zero-order valence-electron chi connectivity index (χ0n) is 16.7. The summed E-state index contributed by atoms with van der Waals surface area (Å²) in [5.74, 6) is -1.52. The number of carbonyl (C=O) groups excluding carboxylic acids is 1. The summed E-state index contributed by atoms with van der Waals surface area (Å²) in [7, 11) is -3.58. The molecule has 1 amide bonds. The highest BCUT2D eigenvalue weighted by atomic mass is 32.2. The van der Waals surface area contributed by atoms with Crippen molar-refractivity contribution in [3.8, 4) is 0 Å². The van der Waals surface area contributed by atoms with Crippen LogP contribution in [0.5, 0.6) is 0 Å². The van der Waals surface area contributed by atoms with Crippen LogP contribution in [0.2, 0.25) is 0 Å². The minimum Gasteiger partial charge on any atom is -0.395 e. The molecule has 0 aliphatic rings. The average molecular weight is 474 g/mol. The fourth-order valence-corrected chi connectivity index (χ4v) is 4.08. The van der Waals surface area contributed by atoms with Crippen LogP contribution in [0.15, 0.2) is 77.7 Å². The number of aliphatic hydroxyl groups is 1. The molecule has 3 aromatic rings. The van der Waals surface area contributed by atoms with Crippen LogP contribution in [0, 0.1) is 5.82 Å². The smallest absolute Gasteiger partial charge is 0.258 e. The molecule has 3 aromatic carbocycles. The molecule has 3 rings (SSSR count). The van der Waals surface area contributed by atoms with E-state index in [-0.39, 0.29) is 21.3 Å². The fourth-order valence-electron chi connectivity index (χ4n) is 2.78. The van der Waals surface area contributed by atoms with E-state index < -0.39 is 28.2 Å². The number of hydrogen-bond acceptors (Lipinski definition) is 5. The lowest BCUT2D eigenvalue weighted by molar-refractivity contribution is 0.102. The van der Waals surface area contributed by atoms with Crippen LogP contribution < -0.4 is 16.0 Å². The van der Waals surface area contributed by atoms with Gasteiger partial charge in [0.25, 0.3) is 5.91 Å². The van der Waals surface area contributed by atoms with Crippen molar-refractivity contribution >= 4 is 50.1 Å². The molecule has 7 nitrogen and oxygen atoms in total. The molecule has 0 radical (unpaired) electrons. The van der Waals surface area contributed by atoms with Gasteiger partial charge in [-0.05, 0) is 66.8 Å². The molecule has 32 heavy (non-hydrogen) atoms. The summed E-state index contributed by atoms with van der Waals surface area (Å²) >= 11 is 5.26. The summed E-state index contributed by atoms with van der Waals surface area (Å²) in [6.45, 7) is -0.462. The normalized spacial score (nSPS) is 10.9. The molecule has 166 valence electrons. The quantitative estimate of drug-likeness (QED) is 0.388. The van der Waals surface area contributed by atoms with Gasteiger partial charge in [-0.3, -0.25) is 4.79 Å². The Kier molecular flexibility index (Phi) is 7.52. The monoisotopic (exact) mass is 473 g/mol. The van der Waals surface area contributed by atoms with Crippen molar-refractivity contribution in [3.63, 3.8) is 0 Å². The first kappa shape index (κ1) is 23.3. The molecule has 0 spiro atoms. The van der Waals surface area contributed by atoms with Gasteiger partial charge in [0, 0.05) is 17.1 Å². The first-order chi connectivity index (χ1) is 15.3. The first-order valence-electron chi connectivity index (χ1n) is 9.46. The third kappa shape index (κ3) is 6.10. The Labute approximate surface area is 190 Å². The van der Waals surface area contributed by atoms with Crippen molar-refractivity contribution in [2.24, 2.45) is 0 Å². The number of rotatable bonds is 7. The standard InChI is InChI=1S/C22H20FN3O4S2/c23-20-7-2-1-6-19(20)21(28)24-15-8-10-16(11-9-15)25-22(31)26-17-4-3-5-18(14-17)32(29,30)13-12-27/h1-11,14,27H,12-13H2,(H,24,28)(H2,25,26,31). The zero-order valence-corrected chi connectivity index (χ0v) is 18.3. The van der Waals surface area contributed by atoms with Gasteiger partial charge < -0.3 is 21.1 Å². The highest BCUT2D eigenvalue weighted by molar-refractivity contribution is 7.91. The second-order valence-corrected chi connectivity index (χ2v) is 9.18. The maximum atomic E-state index is 13.7. The lowest BCUT2D eigenvalue weighted by atomic mass is 10.2. The third-order valence-electron chi connectivity index (χ3n) is 4.33. The second kappa shape index (κ2) is 10.3. The molecule has 0 saturated carbocycles. The molecule has 4 N–H and O–H groups in total. The van der Waals surface area contributed by atoms with E-state index in [0.717, 1.165) is 0 Å². The summed E-state index contributed by atoms with van der Waals surface area (Å²) < 4.78 is 37.9. The number of anilines is 3. The van der Waals surface area contributed by atoms with E-state index in [1.807, 2.05) is 0 Å². The number of benzene rings is 3. The van der Waals surface area contributed by atoms with Gasteiger partial charge >= 0.3 is 0 Å². The number of hydrogen-bond donors (Lipinski definition) is 4. The Bertz CT molecular complexity index is 1230. The summed E-state index contributed by atoms with van der Waals surface area (Å²) in [6.07, 6.45) is 0. The molecule has 10 heteroatoms. The van der Waals surface area contributed by atoms with Gasteiger partial charge in [-0.2, -0.15) is 0 Å². The van der Waals surface area contributed by atoms with Gasteiger partial charge in [0.15, 0.2) is 14.9 Å². The van der Waals surface area contributed by atoms with E-state index in [4.69, 9.17) is 17.3 Å². The average Bonchev–Trinajstić information content (AvgIpc) is 2.75. The van der Waals surface area contributed by atoms with Crippen LogP contribution in [0.3, 0.4) is 0 Å². The predicted molar refractivity (Wildman–Crippen MR) is 126 cm³/mol. The molecule has 0 bridgehead atoms. The topological polar surface area (TPSA) is 108 Å². The number of sulfone groups is 1. The van der Waals surface area contributed by atoms with Crippen molar-refractivity contribution in [3.05, 3.63) is 84.2 Å². The summed E-state index contributed by atoms with van der Waals surface area (Å²) in [5.41, 5.74) is 1.51.